The van der Waals surface area contributed by atoms with Gasteiger partial charge < -0.3 is 29.4 Å². The van der Waals surface area contributed by atoms with E-state index in [2.05, 4.69) is 15.2 Å². The van der Waals surface area contributed by atoms with Gasteiger partial charge in [0.15, 0.2) is 5.11 Å². The molecule has 2 aromatic carbocycles. The lowest BCUT2D eigenvalue weighted by Crippen LogP contribution is -2.44. The highest BCUT2D eigenvalue weighted by atomic mass is 32.1. The van der Waals surface area contributed by atoms with E-state index in [1.807, 2.05) is 53.4 Å². The maximum absolute atomic E-state index is 12.9. The molecular weight excluding hydrogens is 452 g/mol. The second-order valence-electron chi connectivity index (χ2n) is 8.08. The minimum atomic E-state index is -0.141. The van der Waals surface area contributed by atoms with Gasteiger partial charge in [0.1, 0.15) is 11.5 Å². The smallest absolute Gasteiger partial charge is 0.253 e. The molecular formula is C25H30N4O4S. The summed E-state index contributed by atoms with van der Waals surface area (Å²) in [5, 5.41) is 4.77. The summed E-state index contributed by atoms with van der Waals surface area (Å²) in [6, 6.07) is 15.2. The number of ether oxygens (including phenoxy) is 3. The second-order valence-corrected chi connectivity index (χ2v) is 8.47. The van der Waals surface area contributed by atoms with Gasteiger partial charge in [0.25, 0.3) is 5.56 Å². The lowest BCUT2D eigenvalue weighted by molar-refractivity contribution is 0.0358. The first kappa shape index (κ1) is 24.0. The molecule has 9 heteroatoms. The van der Waals surface area contributed by atoms with Crippen LogP contribution in [0.2, 0.25) is 0 Å². The Balaban J connectivity index is 1.57. The number of hydrogen-bond donors (Lipinski definition) is 2. The minimum Gasteiger partial charge on any atom is -0.497 e. The molecule has 0 atom stereocenters. The molecule has 0 bridgehead atoms. The first-order valence-corrected chi connectivity index (χ1v) is 11.7. The highest BCUT2D eigenvalue weighted by molar-refractivity contribution is 7.80. The topological polar surface area (TPSA) is 79.1 Å². The highest BCUT2D eigenvalue weighted by Gasteiger charge is 2.18. The molecule has 0 amide bonds. The Morgan fingerprint density at radius 3 is 2.71 bits per heavy atom. The van der Waals surface area contributed by atoms with Crippen molar-refractivity contribution in [1.29, 1.82) is 0 Å². The molecule has 4 rings (SSSR count). The third-order valence-electron chi connectivity index (χ3n) is 5.92. The van der Waals surface area contributed by atoms with E-state index in [0.29, 0.717) is 35.3 Å². The van der Waals surface area contributed by atoms with Crippen LogP contribution < -0.4 is 20.3 Å². The van der Waals surface area contributed by atoms with Gasteiger partial charge in [-0.1, -0.05) is 12.1 Å². The van der Waals surface area contributed by atoms with E-state index in [1.54, 1.807) is 14.2 Å². The van der Waals surface area contributed by atoms with Crippen molar-refractivity contribution < 1.29 is 14.2 Å². The molecule has 1 aromatic heterocycles. The number of benzene rings is 2. The van der Waals surface area contributed by atoms with Crippen molar-refractivity contribution in [3.8, 4) is 11.5 Å². The number of morpholine rings is 1. The van der Waals surface area contributed by atoms with Crippen molar-refractivity contribution in [2.45, 2.75) is 6.54 Å². The summed E-state index contributed by atoms with van der Waals surface area (Å²) in [7, 11) is 3.24. The van der Waals surface area contributed by atoms with E-state index in [-0.39, 0.29) is 5.56 Å². The fourth-order valence-corrected chi connectivity index (χ4v) is 4.22. The molecule has 2 N–H and O–H groups in total. The zero-order chi connectivity index (χ0) is 23.9. The average Bonchev–Trinajstić information content (AvgIpc) is 2.87. The maximum atomic E-state index is 12.9. The van der Waals surface area contributed by atoms with Crippen molar-refractivity contribution in [3.63, 3.8) is 0 Å². The number of para-hydroxylation sites is 2. The monoisotopic (exact) mass is 482 g/mol. The number of pyridine rings is 1. The standard InChI is InChI=1S/C25H30N4O4S/c1-31-20-8-7-18-15-19(24(30)26-22(18)16-20)17-29(10-9-28-11-13-33-14-12-28)25(34)27-21-5-3-4-6-23(21)32-2/h3-8,15-16H,9-14,17H2,1-2H3,(H,26,30)(H,27,34). The number of nitrogens with zero attached hydrogens (tertiary/aromatic N) is 2. The van der Waals surface area contributed by atoms with Crippen LogP contribution in [0.25, 0.3) is 10.9 Å². The van der Waals surface area contributed by atoms with E-state index in [0.717, 1.165) is 49.4 Å². The SMILES string of the molecule is COc1ccc2cc(CN(CCN3CCOCC3)C(=S)Nc3ccccc3OC)c(=O)[nH]c2c1. The highest BCUT2D eigenvalue weighted by Crippen LogP contribution is 2.24. The molecule has 180 valence electrons. The largest absolute Gasteiger partial charge is 0.497 e. The lowest BCUT2D eigenvalue weighted by Gasteiger charge is -2.31. The Kier molecular flexibility index (Phi) is 7.99. The zero-order valence-corrected chi connectivity index (χ0v) is 20.3. The molecule has 1 saturated heterocycles. The molecule has 1 aliphatic rings. The Labute approximate surface area is 204 Å². The number of aromatic nitrogens is 1. The Hall–Kier alpha value is -3.14. The number of thiocarbonyl (C=S) groups is 1. The second kappa shape index (κ2) is 11.3. The molecule has 0 saturated carbocycles. The van der Waals surface area contributed by atoms with Gasteiger partial charge in [-0.2, -0.15) is 0 Å². The summed E-state index contributed by atoms with van der Waals surface area (Å²) in [6.07, 6.45) is 0. The molecule has 8 nitrogen and oxygen atoms in total. The van der Waals surface area contributed by atoms with E-state index < -0.39 is 0 Å². The molecule has 1 aliphatic heterocycles. The van der Waals surface area contributed by atoms with E-state index >= 15 is 0 Å². The Morgan fingerprint density at radius 2 is 1.94 bits per heavy atom. The molecule has 0 spiro atoms. The number of anilines is 1. The van der Waals surface area contributed by atoms with E-state index in [1.165, 1.54) is 0 Å². The van der Waals surface area contributed by atoms with Crippen molar-refractivity contribution >= 4 is 33.9 Å². The van der Waals surface area contributed by atoms with Gasteiger partial charge >= 0.3 is 0 Å². The van der Waals surface area contributed by atoms with Gasteiger partial charge in [0, 0.05) is 37.8 Å². The van der Waals surface area contributed by atoms with Gasteiger partial charge in [-0.15, -0.1) is 0 Å². The van der Waals surface area contributed by atoms with Crippen LogP contribution in [0.15, 0.2) is 53.3 Å². The van der Waals surface area contributed by atoms with Crippen LogP contribution in [0, 0.1) is 0 Å². The fourth-order valence-electron chi connectivity index (χ4n) is 3.96. The van der Waals surface area contributed by atoms with Gasteiger partial charge in [-0.25, -0.2) is 0 Å². The number of nitrogens with one attached hydrogen (secondary N) is 2. The molecule has 0 aliphatic carbocycles. The number of methoxy groups -OCH3 is 2. The van der Waals surface area contributed by atoms with Crippen LogP contribution in [0.5, 0.6) is 11.5 Å². The molecule has 0 unspecified atom stereocenters. The quantitative estimate of drug-likeness (QED) is 0.475. The zero-order valence-electron chi connectivity index (χ0n) is 19.5. The number of fused-ring (bicyclic) bond motifs is 1. The normalized spacial score (nSPS) is 14.1. The molecule has 2 heterocycles. The number of aromatic amines is 1. The predicted octanol–water partition coefficient (Wildman–Crippen LogP) is 3.08. The van der Waals surface area contributed by atoms with E-state index in [4.69, 9.17) is 26.4 Å². The number of H-pyrrole nitrogens is 1. The maximum Gasteiger partial charge on any atom is 0.253 e. The van der Waals surface area contributed by atoms with Gasteiger partial charge in [0.2, 0.25) is 0 Å². The summed E-state index contributed by atoms with van der Waals surface area (Å²) in [4.78, 5) is 20.3. The van der Waals surface area contributed by atoms with Crippen LogP contribution in [0.1, 0.15) is 5.56 Å². The molecule has 0 radical (unpaired) electrons. The van der Waals surface area contributed by atoms with Crippen molar-refractivity contribution in [2.24, 2.45) is 0 Å². The van der Waals surface area contributed by atoms with Gasteiger partial charge in [0.05, 0.1) is 45.2 Å². The van der Waals surface area contributed by atoms with Crippen molar-refractivity contribution in [1.82, 2.24) is 14.8 Å². The number of rotatable bonds is 8. The lowest BCUT2D eigenvalue weighted by atomic mass is 10.1. The van der Waals surface area contributed by atoms with Crippen molar-refractivity contribution in [2.75, 3.05) is 58.9 Å². The van der Waals surface area contributed by atoms with Gasteiger partial charge in [-0.05, 0) is 47.9 Å². The van der Waals surface area contributed by atoms with Gasteiger partial charge in [-0.3, -0.25) is 9.69 Å². The summed E-state index contributed by atoms with van der Waals surface area (Å²) >= 11 is 5.79. The predicted molar refractivity (Wildman–Crippen MR) is 138 cm³/mol. The van der Waals surface area contributed by atoms with Crippen LogP contribution in [-0.4, -0.2) is 73.5 Å². The minimum absolute atomic E-state index is 0.141. The van der Waals surface area contributed by atoms with Crippen LogP contribution in [0.4, 0.5) is 5.69 Å². The third-order valence-corrected chi connectivity index (χ3v) is 6.28. The molecule has 3 aromatic rings. The first-order chi connectivity index (χ1) is 16.6. The number of hydrogen-bond acceptors (Lipinski definition) is 6. The van der Waals surface area contributed by atoms with Crippen LogP contribution in [0.3, 0.4) is 0 Å². The average molecular weight is 483 g/mol. The summed E-state index contributed by atoms with van der Waals surface area (Å²) in [5.41, 5.74) is 2.02. The van der Waals surface area contributed by atoms with Crippen LogP contribution in [-0.2, 0) is 11.3 Å². The third kappa shape index (κ3) is 5.85. The fraction of sp³-hybridized carbons (Fsp3) is 0.360. The Morgan fingerprint density at radius 1 is 1.15 bits per heavy atom. The summed E-state index contributed by atoms with van der Waals surface area (Å²) in [5.74, 6) is 1.40. The van der Waals surface area contributed by atoms with Crippen molar-refractivity contribution in [3.05, 3.63) is 64.4 Å². The summed E-state index contributed by atoms with van der Waals surface area (Å²) in [6.45, 7) is 5.11. The van der Waals surface area contributed by atoms with E-state index in [9.17, 15) is 4.79 Å². The Bertz CT molecular complexity index is 1190. The first-order valence-electron chi connectivity index (χ1n) is 11.3. The molecule has 1 fully saturated rings. The summed E-state index contributed by atoms with van der Waals surface area (Å²) < 4.78 is 16.2. The molecule has 34 heavy (non-hydrogen) atoms. The van der Waals surface area contributed by atoms with Crippen LogP contribution >= 0.6 is 12.2 Å².